The lowest BCUT2D eigenvalue weighted by Gasteiger charge is -2.36. The van der Waals surface area contributed by atoms with Crippen molar-refractivity contribution in [2.75, 3.05) is 13.7 Å². The Hall–Kier alpha value is -2.69. The molecule has 5 heteroatoms. The number of methoxy groups -OCH3 is 1. The van der Waals surface area contributed by atoms with Gasteiger partial charge in [0.2, 0.25) is 0 Å². The average Bonchev–Trinajstić information content (AvgIpc) is 2.65. The van der Waals surface area contributed by atoms with E-state index in [9.17, 15) is 14.4 Å². The fraction of sp³-hybridized carbons (Fsp3) is 0.480. The van der Waals surface area contributed by atoms with Gasteiger partial charge < -0.3 is 9.47 Å². The molecular formula is C25H34O5. The molecule has 164 valence electrons. The van der Waals surface area contributed by atoms with Crippen molar-refractivity contribution in [3.05, 3.63) is 58.7 Å². The number of rotatable bonds is 8. The third kappa shape index (κ3) is 7.62. The van der Waals surface area contributed by atoms with Crippen molar-refractivity contribution in [2.45, 2.75) is 54.4 Å². The molecule has 0 saturated carbocycles. The van der Waals surface area contributed by atoms with Gasteiger partial charge in [0.05, 0.1) is 20.1 Å². The van der Waals surface area contributed by atoms with Crippen molar-refractivity contribution in [1.29, 1.82) is 0 Å². The number of hydrogen-bond donors (Lipinski definition) is 0. The van der Waals surface area contributed by atoms with Crippen LogP contribution < -0.4 is 0 Å². The van der Waals surface area contributed by atoms with Gasteiger partial charge in [-0.25, -0.2) is 4.79 Å². The smallest absolute Gasteiger partial charge is 0.330 e. The molecule has 0 radical (unpaired) electrons. The van der Waals surface area contributed by atoms with E-state index in [1.165, 1.54) is 13.2 Å². The molecule has 1 aliphatic carbocycles. The van der Waals surface area contributed by atoms with Gasteiger partial charge in [0.25, 0.3) is 0 Å². The van der Waals surface area contributed by atoms with Gasteiger partial charge in [-0.1, -0.05) is 49.8 Å². The fourth-order valence-electron chi connectivity index (χ4n) is 3.62. The Morgan fingerprint density at radius 2 is 1.83 bits per heavy atom. The van der Waals surface area contributed by atoms with E-state index in [0.29, 0.717) is 18.6 Å². The SMILES string of the molecule is CCOC(=O)CC1CC(C)(C)C(C=CC(C)=CC=CC(C)=CC(=O)OC)=C(C)C1=O. The zero-order valence-electron chi connectivity index (χ0n) is 19.2. The molecule has 0 fully saturated rings. The summed E-state index contributed by atoms with van der Waals surface area (Å²) in [6.45, 7) is 11.9. The first-order valence-corrected chi connectivity index (χ1v) is 10.2. The summed E-state index contributed by atoms with van der Waals surface area (Å²) < 4.78 is 9.62. The number of ketones is 1. The molecule has 0 aromatic heterocycles. The van der Waals surface area contributed by atoms with E-state index in [4.69, 9.17) is 4.74 Å². The summed E-state index contributed by atoms with van der Waals surface area (Å²) in [5.41, 5.74) is 3.28. The first-order chi connectivity index (χ1) is 14.0. The first-order valence-electron chi connectivity index (χ1n) is 10.2. The number of esters is 2. The number of carbonyl (C=O) groups is 3. The average molecular weight is 415 g/mol. The van der Waals surface area contributed by atoms with Gasteiger partial charge in [0, 0.05) is 12.0 Å². The van der Waals surface area contributed by atoms with E-state index in [2.05, 4.69) is 18.6 Å². The molecule has 0 bridgehead atoms. The number of carbonyl (C=O) groups excluding carboxylic acids is 3. The van der Waals surface area contributed by atoms with Crippen LogP contribution in [0.15, 0.2) is 58.7 Å². The molecule has 5 nitrogen and oxygen atoms in total. The van der Waals surface area contributed by atoms with Crippen molar-refractivity contribution in [2.24, 2.45) is 11.3 Å². The number of allylic oxidation sites excluding steroid dienone is 9. The molecule has 1 atom stereocenters. The second kappa shape index (κ2) is 11.5. The topological polar surface area (TPSA) is 69.7 Å². The molecule has 30 heavy (non-hydrogen) atoms. The minimum atomic E-state index is -0.384. The van der Waals surface area contributed by atoms with Crippen LogP contribution in [-0.2, 0) is 23.9 Å². The minimum Gasteiger partial charge on any atom is -0.466 e. The molecule has 0 N–H and O–H groups in total. The number of Topliss-reactive ketones (excluding diaryl/α,β-unsaturated/α-hetero) is 1. The molecule has 1 unspecified atom stereocenters. The van der Waals surface area contributed by atoms with E-state index < -0.39 is 0 Å². The summed E-state index contributed by atoms with van der Waals surface area (Å²) in [5.74, 6) is -1.02. The van der Waals surface area contributed by atoms with Crippen LogP contribution in [0.2, 0.25) is 0 Å². The summed E-state index contributed by atoms with van der Waals surface area (Å²) in [6.07, 6.45) is 11.8. The predicted octanol–water partition coefficient (Wildman–Crippen LogP) is 5.05. The third-order valence-corrected chi connectivity index (χ3v) is 5.13. The van der Waals surface area contributed by atoms with Crippen molar-refractivity contribution in [3.8, 4) is 0 Å². The van der Waals surface area contributed by atoms with Crippen molar-refractivity contribution in [1.82, 2.24) is 0 Å². The molecular weight excluding hydrogens is 380 g/mol. The lowest BCUT2D eigenvalue weighted by Crippen LogP contribution is -2.33. The summed E-state index contributed by atoms with van der Waals surface area (Å²) in [5, 5.41) is 0. The quantitative estimate of drug-likeness (QED) is 0.316. The maximum Gasteiger partial charge on any atom is 0.330 e. The molecule has 0 spiro atoms. The maximum absolute atomic E-state index is 12.8. The zero-order chi connectivity index (χ0) is 22.9. The van der Waals surface area contributed by atoms with Gasteiger partial charge in [0.1, 0.15) is 0 Å². The summed E-state index contributed by atoms with van der Waals surface area (Å²) >= 11 is 0. The Balaban J connectivity index is 2.97. The standard InChI is InChI=1S/C25H34O5/c1-8-30-23(27)15-20-16-25(5,6)21(19(4)24(20)28)13-12-17(2)10-9-11-18(3)14-22(26)29-7/h9-14,20H,8,15-16H2,1-7H3. The van der Waals surface area contributed by atoms with Crippen LogP contribution in [0.5, 0.6) is 0 Å². The zero-order valence-corrected chi connectivity index (χ0v) is 19.2. The van der Waals surface area contributed by atoms with E-state index in [-0.39, 0.29) is 35.5 Å². The van der Waals surface area contributed by atoms with Crippen LogP contribution in [0.3, 0.4) is 0 Å². The monoisotopic (exact) mass is 414 g/mol. The molecule has 0 aliphatic heterocycles. The molecule has 0 saturated heterocycles. The molecule has 0 aromatic carbocycles. The van der Waals surface area contributed by atoms with Crippen LogP contribution in [0, 0.1) is 11.3 Å². The van der Waals surface area contributed by atoms with Crippen LogP contribution in [0.25, 0.3) is 0 Å². The highest BCUT2D eigenvalue weighted by atomic mass is 16.5. The lowest BCUT2D eigenvalue weighted by molar-refractivity contribution is -0.146. The van der Waals surface area contributed by atoms with Gasteiger partial charge in [-0.15, -0.1) is 0 Å². The number of ether oxygens (including phenoxy) is 2. The summed E-state index contributed by atoms with van der Waals surface area (Å²) in [4.78, 5) is 35.9. The number of hydrogen-bond acceptors (Lipinski definition) is 5. The normalized spacial score (nSPS) is 20.2. The van der Waals surface area contributed by atoms with Crippen LogP contribution >= 0.6 is 0 Å². The van der Waals surface area contributed by atoms with Gasteiger partial charge in [-0.05, 0) is 56.3 Å². The molecule has 0 heterocycles. The highest BCUT2D eigenvalue weighted by Crippen LogP contribution is 2.43. The van der Waals surface area contributed by atoms with Crippen molar-refractivity contribution in [3.63, 3.8) is 0 Å². The second-order valence-electron chi connectivity index (χ2n) is 8.21. The molecule has 0 aromatic rings. The van der Waals surface area contributed by atoms with Crippen LogP contribution in [0.4, 0.5) is 0 Å². The Bertz CT molecular complexity index is 818. The van der Waals surface area contributed by atoms with Gasteiger partial charge in [0.15, 0.2) is 5.78 Å². The molecule has 1 aliphatic rings. The van der Waals surface area contributed by atoms with E-state index in [0.717, 1.165) is 16.7 Å². The largest absolute Gasteiger partial charge is 0.466 e. The highest BCUT2D eigenvalue weighted by Gasteiger charge is 2.38. The van der Waals surface area contributed by atoms with Crippen molar-refractivity contribution >= 4 is 17.7 Å². The third-order valence-electron chi connectivity index (χ3n) is 5.13. The highest BCUT2D eigenvalue weighted by molar-refractivity contribution is 6.00. The second-order valence-corrected chi connectivity index (χ2v) is 8.21. The van der Waals surface area contributed by atoms with Crippen LogP contribution in [-0.4, -0.2) is 31.4 Å². The predicted molar refractivity (Wildman–Crippen MR) is 119 cm³/mol. The Morgan fingerprint density at radius 1 is 1.17 bits per heavy atom. The Kier molecular flexibility index (Phi) is 9.70. The maximum atomic E-state index is 12.8. The first kappa shape index (κ1) is 25.3. The van der Waals surface area contributed by atoms with E-state index in [1.807, 2.05) is 51.2 Å². The van der Waals surface area contributed by atoms with E-state index in [1.54, 1.807) is 6.92 Å². The van der Waals surface area contributed by atoms with E-state index >= 15 is 0 Å². The summed E-state index contributed by atoms with van der Waals surface area (Å²) in [7, 11) is 1.35. The summed E-state index contributed by atoms with van der Waals surface area (Å²) in [6, 6.07) is 0. The molecule has 1 rings (SSSR count). The molecule has 0 amide bonds. The lowest BCUT2D eigenvalue weighted by atomic mass is 9.67. The van der Waals surface area contributed by atoms with Crippen LogP contribution in [0.1, 0.15) is 54.4 Å². The Labute approximate surface area is 180 Å². The minimum absolute atomic E-state index is 0.0205. The fourth-order valence-corrected chi connectivity index (χ4v) is 3.62. The van der Waals surface area contributed by atoms with Gasteiger partial charge in [-0.2, -0.15) is 0 Å². The van der Waals surface area contributed by atoms with Crippen molar-refractivity contribution < 1.29 is 23.9 Å². The van der Waals surface area contributed by atoms with Gasteiger partial charge in [-0.3, -0.25) is 9.59 Å². The Morgan fingerprint density at radius 3 is 2.43 bits per heavy atom. The van der Waals surface area contributed by atoms with Gasteiger partial charge >= 0.3 is 11.9 Å².